The minimum absolute atomic E-state index is 0.0736. The second-order valence-corrected chi connectivity index (χ2v) is 4.56. The third-order valence-corrected chi connectivity index (χ3v) is 3.09. The third-order valence-electron chi connectivity index (χ3n) is 3.09. The standard InChI is InChI=1S/C15H15N3O3/c1-9-4-3-5-12(10(9)2)18-15(21)17-11-6-7-13(14(19)20)16-8-11/h3-8H,1-2H3,(H,19,20)(H2,17,18,21). The first-order valence-corrected chi connectivity index (χ1v) is 6.31. The maximum Gasteiger partial charge on any atom is 0.354 e. The molecule has 0 radical (unpaired) electrons. The number of aromatic nitrogens is 1. The van der Waals surface area contributed by atoms with E-state index in [4.69, 9.17) is 5.11 Å². The number of carboxylic acid groups (broad SMARTS) is 1. The molecule has 2 amide bonds. The lowest BCUT2D eigenvalue weighted by atomic mass is 10.1. The van der Waals surface area contributed by atoms with Gasteiger partial charge in [-0.1, -0.05) is 12.1 Å². The molecule has 0 aliphatic carbocycles. The number of hydrogen-bond acceptors (Lipinski definition) is 3. The van der Waals surface area contributed by atoms with Gasteiger partial charge in [0, 0.05) is 5.69 Å². The second-order valence-electron chi connectivity index (χ2n) is 4.56. The molecule has 0 aliphatic heterocycles. The molecule has 21 heavy (non-hydrogen) atoms. The maximum atomic E-state index is 11.9. The van der Waals surface area contributed by atoms with Crippen LogP contribution in [0, 0.1) is 13.8 Å². The van der Waals surface area contributed by atoms with Gasteiger partial charge in [0.2, 0.25) is 0 Å². The highest BCUT2D eigenvalue weighted by Gasteiger charge is 2.08. The number of nitrogens with zero attached hydrogens (tertiary/aromatic N) is 1. The summed E-state index contributed by atoms with van der Waals surface area (Å²) >= 11 is 0. The number of benzene rings is 1. The topological polar surface area (TPSA) is 91.3 Å². The average Bonchev–Trinajstić information content (AvgIpc) is 2.44. The number of carboxylic acids is 1. The van der Waals surface area contributed by atoms with Gasteiger partial charge in [-0.3, -0.25) is 0 Å². The fourth-order valence-electron chi connectivity index (χ4n) is 1.77. The van der Waals surface area contributed by atoms with Crippen molar-refractivity contribution >= 4 is 23.4 Å². The molecule has 0 atom stereocenters. The van der Waals surface area contributed by atoms with E-state index in [-0.39, 0.29) is 5.69 Å². The van der Waals surface area contributed by atoms with E-state index >= 15 is 0 Å². The Bertz CT molecular complexity index is 681. The molecule has 0 bridgehead atoms. The van der Waals surface area contributed by atoms with Crippen LogP contribution >= 0.6 is 0 Å². The molecule has 1 heterocycles. The molecule has 0 saturated carbocycles. The molecule has 0 unspecified atom stereocenters. The first-order valence-electron chi connectivity index (χ1n) is 6.31. The van der Waals surface area contributed by atoms with E-state index < -0.39 is 12.0 Å². The number of carbonyl (C=O) groups is 2. The van der Waals surface area contributed by atoms with E-state index in [1.54, 1.807) is 0 Å². The van der Waals surface area contributed by atoms with E-state index in [0.29, 0.717) is 5.69 Å². The Kier molecular flexibility index (Phi) is 4.18. The van der Waals surface area contributed by atoms with Gasteiger partial charge in [0.05, 0.1) is 11.9 Å². The second kappa shape index (κ2) is 6.04. The minimum atomic E-state index is -1.11. The van der Waals surface area contributed by atoms with Gasteiger partial charge in [-0.15, -0.1) is 0 Å². The fourth-order valence-corrected chi connectivity index (χ4v) is 1.77. The highest BCUT2D eigenvalue weighted by Crippen LogP contribution is 2.18. The van der Waals surface area contributed by atoms with Crippen molar-refractivity contribution in [2.75, 3.05) is 10.6 Å². The Labute approximate surface area is 121 Å². The summed E-state index contributed by atoms with van der Waals surface area (Å²) in [6.45, 7) is 3.89. The number of rotatable bonds is 3. The summed E-state index contributed by atoms with van der Waals surface area (Å²) in [6, 6.07) is 8.05. The summed E-state index contributed by atoms with van der Waals surface area (Å²) < 4.78 is 0. The molecule has 0 saturated heterocycles. The van der Waals surface area contributed by atoms with Crippen molar-refractivity contribution in [3.8, 4) is 0 Å². The smallest absolute Gasteiger partial charge is 0.354 e. The molecular formula is C15H15N3O3. The first-order chi connectivity index (χ1) is 9.97. The lowest BCUT2D eigenvalue weighted by molar-refractivity contribution is 0.0690. The molecule has 6 heteroatoms. The predicted octanol–water partition coefficient (Wildman–Crippen LogP) is 3.04. The van der Waals surface area contributed by atoms with E-state index in [1.807, 2.05) is 32.0 Å². The van der Waals surface area contributed by atoms with E-state index in [0.717, 1.165) is 16.8 Å². The number of carbonyl (C=O) groups excluding carboxylic acids is 1. The number of hydrogen-bond donors (Lipinski definition) is 3. The van der Waals surface area contributed by atoms with Gasteiger partial charge >= 0.3 is 12.0 Å². The molecule has 2 rings (SSSR count). The summed E-state index contributed by atoms with van der Waals surface area (Å²) in [5.41, 5.74) is 3.15. The number of anilines is 2. The van der Waals surface area contributed by atoms with E-state index in [1.165, 1.54) is 18.3 Å². The van der Waals surface area contributed by atoms with Crippen molar-refractivity contribution < 1.29 is 14.7 Å². The van der Waals surface area contributed by atoms with Crippen LogP contribution in [0.2, 0.25) is 0 Å². The van der Waals surface area contributed by atoms with Gasteiger partial charge in [0.15, 0.2) is 0 Å². The lowest BCUT2D eigenvalue weighted by Gasteiger charge is -2.11. The van der Waals surface area contributed by atoms with Crippen LogP contribution < -0.4 is 10.6 Å². The number of pyridine rings is 1. The van der Waals surface area contributed by atoms with Crippen molar-refractivity contribution in [3.05, 3.63) is 53.3 Å². The Hall–Kier alpha value is -2.89. The number of aryl methyl sites for hydroxylation is 1. The van der Waals surface area contributed by atoms with Crippen LogP contribution in [0.1, 0.15) is 21.6 Å². The largest absolute Gasteiger partial charge is 0.477 e. The first kappa shape index (κ1) is 14.5. The average molecular weight is 285 g/mol. The van der Waals surface area contributed by atoms with Crippen LogP contribution in [0.15, 0.2) is 36.5 Å². The van der Waals surface area contributed by atoms with Gasteiger partial charge < -0.3 is 15.7 Å². The molecule has 1 aromatic carbocycles. The van der Waals surface area contributed by atoms with Crippen molar-refractivity contribution in [2.24, 2.45) is 0 Å². The summed E-state index contributed by atoms with van der Waals surface area (Å²) in [7, 11) is 0. The normalized spacial score (nSPS) is 10.0. The van der Waals surface area contributed by atoms with Crippen molar-refractivity contribution in [1.29, 1.82) is 0 Å². The summed E-state index contributed by atoms with van der Waals surface area (Å²) in [5.74, 6) is -1.11. The lowest BCUT2D eigenvalue weighted by Crippen LogP contribution is -2.20. The summed E-state index contributed by atoms with van der Waals surface area (Å²) in [6.07, 6.45) is 1.30. The van der Waals surface area contributed by atoms with Gasteiger partial charge in [-0.05, 0) is 43.2 Å². The van der Waals surface area contributed by atoms with Crippen molar-refractivity contribution in [1.82, 2.24) is 4.98 Å². The molecule has 108 valence electrons. The molecule has 0 spiro atoms. The van der Waals surface area contributed by atoms with Crippen LogP contribution in [0.25, 0.3) is 0 Å². The van der Waals surface area contributed by atoms with Crippen LogP contribution in [0.3, 0.4) is 0 Å². The zero-order valence-corrected chi connectivity index (χ0v) is 11.7. The SMILES string of the molecule is Cc1cccc(NC(=O)Nc2ccc(C(=O)O)nc2)c1C. The molecular weight excluding hydrogens is 270 g/mol. The summed E-state index contributed by atoms with van der Waals surface area (Å²) in [4.78, 5) is 26.3. The van der Waals surface area contributed by atoms with E-state index in [9.17, 15) is 9.59 Å². The molecule has 0 fully saturated rings. The highest BCUT2D eigenvalue weighted by atomic mass is 16.4. The molecule has 6 nitrogen and oxygen atoms in total. The monoisotopic (exact) mass is 285 g/mol. The highest BCUT2D eigenvalue weighted by molar-refractivity contribution is 6.00. The van der Waals surface area contributed by atoms with Gasteiger partial charge in [-0.2, -0.15) is 0 Å². The van der Waals surface area contributed by atoms with Crippen molar-refractivity contribution in [3.63, 3.8) is 0 Å². The number of amides is 2. The Morgan fingerprint density at radius 1 is 1.10 bits per heavy atom. The number of nitrogens with one attached hydrogen (secondary N) is 2. The third kappa shape index (κ3) is 3.56. The Morgan fingerprint density at radius 3 is 2.48 bits per heavy atom. The van der Waals surface area contributed by atoms with E-state index in [2.05, 4.69) is 15.6 Å². The van der Waals surface area contributed by atoms with Crippen LogP contribution in [-0.4, -0.2) is 22.1 Å². The van der Waals surface area contributed by atoms with Gasteiger partial charge in [0.1, 0.15) is 5.69 Å². The molecule has 2 aromatic rings. The zero-order valence-electron chi connectivity index (χ0n) is 11.7. The minimum Gasteiger partial charge on any atom is -0.477 e. The predicted molar refractivity (Wildman–Crippen MR) is 79.8 cm³/mol. The Morgan fingerprint density at radius 2 is 1.86 bits per heavy atom. The molecule has 0 aliphatic rings. The van der Waals surface area contributed by atoms with Crippen molar-refractivity contribution in [2.45, 2.75) is 13.8 Å². The summed E-state index contributed by atoms with van der Waals surface area (Å²) in [5, 5.41) is 14.1. The Balaban J connectivity index is 2.04. The van der Waals surface area contributed by atoms with Gasteiger partial charge in [0.25, 0.3) is 0 Å². The maximum absolute atomic E-state index is 11.9. The quantitative estimate of drug-likeness (QED) is 0.808. The molecule has 3 N–H and O–H groups in total. The zero-order chi connectivity index (χ0) is 15.4. The molecule has 1 aromatic heterocycles. The number of urea groups is 1. The van der Waals surface area contributed by atoms with Crippen LogP contribution in [0.4, 0.5) is 16.2 Å². The van der Waals surface area contributed by atoms with Crippen LogP contribution in [-0.2, 0) is 0 Å². The fraction of sp³-hybridized carbons (Fsp3) is 0.133. The van der Waals surface area contributed by atoms with Gasteiger partial charge in [-0.25, -0.2) is 14.6 Å². The van der Waals surface area contributed by atoms with Crippen LogP contribution in [0.5, 0.6) is 0 Å². The number of aromatic carboxylic acids is 1.